The molecular weight excluding hydrogens is 438 g/mol. The number of nitrogens with two attached hydrogens (primary N) is 3. The zero-order chi connectivity index (χ0) is 25.0. The van der Waals surface area contributed by atoms with Crippen LogP contribution in [0, 0.1) is 5.92 Å². The van der Waals surface area contributed by atoms with Crippen LogP contribution >= 0.6 is 0 Å². The van der Waals surface area contributed by atoms with E-state index in [0.717, 1.165) is 33.4 Å². The Labute approximate surface area is 214 Å². The quantitative estimate of drug-likeness (QED) is 0.292. The van der Waals surface area contributed by atoms with Gasteiger partial charge in [-0.2, -0.15) is 0 Å². The molecule has 0 saturated heterocycles. The van der Waals surface area contributed by atoms with Crippen molar-refractivity contribution in [3.05, 3.63) is 166 Å². The molecule has 1 aliphatic carbocycles. The van der Waals surface area contributed by atoms with Crippen molar-refractivity contribution in [3.63, 3.8) is 0 Å². The van der Waals surface area contributed by atoms with Crippen LogP contribution in [0.5, 0.6) is 0 Å². The second-order valence-corrected chi connectivity index (χ2v) is 9.18. The molecule has 0 fully saturated rings. The maximum atomic E-state index is 6.14. The van der Waals surface area contributed by atoms with E-state index in [1.165, 1.54) is 17.1 Å². The summed E-state index contributed by atoms with van der Waals surface area (Å²) >= 11 is 0. The molecule has 4 aromatic rings. The van der Waals surface area contributed by atoms with Gasteiger partial charge in [0.05, 0.1) is 5.41 Å². The molecule has 1 radical (unpaired) electrons. The van der Waals surface area contributed by atoms with Crippen LogP contribution < -0.4 is 17.2 Å². The summed E-state index contributed by atoms with van der Waals surface area (Å²) in [5.41, 5.74) is 27.0. The number of rotatable bonds is 8. The fraction of sp³-hybridized carbons (Fsp3) is 0.121. The van der Waals surface area contributed by atoms with E-state index in [2.05, 4.69) is 121 Å². The van der Waals surface area contributed by atoms with Crippen molar-refractivity contribution in [1.82, 2.24) is 0 Å². The first-order valence-corrected chi connectivity index (χ1v) is 12.4. The fourth-order valence-corrected chi connectivity index (χ4v) is 5.38. The van der Waals surface area contributed by atoms with E-state index >= 15 is 0 Å². The molecule has 4 aromatic carbocycles. The monoisotopic (exact) mass is 470 g/mol. The van der Waals surface area contributed by atoms with E-state index in [1.54, 1.807) is 0 Å². The summed E-state index contributed by atoms with van der Waals surface area (Å²) in [6, 6.07) is 36.5. The standard InChI is InChI=1S/C33H32N3/c34-21-24-8-4-13-28(18-24)33(29-14-5-9-25(19-29)22-35,30-15-6-10-26(20-30)23-36)32-17-7-16-31(32)27-11-2-1-3-12-27/h1-20H,21-23,34-36H2. The summed E-state index contributed by atoms with van der Waals surface area (Å²) in [4.78, 5) is 0. The average Bonchev–Trinajstić information content (AvgIpc) is 3.44. The van der Waals surface area contributed by atoms with Gasteiger partial charge in [0.2, 0.25) is 0 Å². The van der Waals surface area contributed by atoms with Crippen LogP contribution in [-0.2, 0) is 25.0 Å². The zero-order valence-electron chi connectivity index (χ0n) is 20.4. The van der Waals surface area contributed by atoms with Gasteiger partial charge < -0.3 is 17.2 Å². The Bertz CT molecular complexity index is 1290. The summed E-state index contributed by atoms with van der Waals surface area (Å²) in [6.45, 7) is 1.42. The van der Waals surface area contributed by atoms with Gasteiger partial charge in [-0.3, -0.25) is 0 Å². The minimum Gasteiger partial charge on any atom is -0.326 e. The predicted octanol–water partition coefficient (Wildman–Crippen LogP) is 5.62. The minimum absolute atomic E-state index is 0.474. The lowest BCUT2D eigenvalue weighted by molar-refractivity contribution is 0.693. The highest BCUT2D eigenvalue weighted by Crippen LogP contribution is 2.54. The Morgan fingerprint density at radius 1 is 0.528 bits per heavy atom. The first kappa shape index (κ1) is 24.0. The summed E-state index contributed by atoms with van der Waals surface area (Å²) < 4.78 is 0. The molecular formula is C33H32N3. The third kappa shape index (κ3) is 4.22. The van der Waals surface area contributed by atoms with Gasteiger partial charge in [-0.25, -0.2) is 0 Å². The van der Waals surface area contributed by atoms with Gasteiger partial charge in [0.1, 0.15) is 0 Å². The van der Waals surface area contributed by atoms with Crippen molar-refractivity contribution in [2.24, 2.45) is 17.2 Å². The third-order valence-corrected chi connectivity index (χ3v) is 7.09. The molecule has 36 heavy (non-hydrogen) atoms. The van der Waals surface area contributed by atoms with E-state index in [-0.39, 0.29) is 0 Å². The van der Waals surface area contributed by atoms with Gasteiger partial charge in [-0.1, -0.05) is 121 Å². The largest absolute Gasteiger partial charge is 0.326 e. The lowest BCUT2D eigenvalue weighted by atomic mass is 9.59. The van der Waals surface area contributed by atoms with Crippen molar-refractivity contribution in [3.8, 4) is 0 Å². The van der Waals surface area contributed by atoms with Crippen LogP contribution in [0.2, 0.25) is 0 Å². The molecule has 0 bridgehead atoms. The number of hydrogen-bond donors (Lipinski definition) is 3. The topological polar surface area (TPSA) is 78.1 Å². The molecule has 179 valence electrons. The Morgan fingerprint density at radius 2 is 1.00 bits per heavy atom. The summed E-state index contributed by atoms with van der Waals surface area (Å²) in [6.07, 6.45) is 6.62. The lowest BCUT2D eigenvalue weighted by Crippen LogP contribution is -2.36. The van der Waals surface area contributed by atoms with Crippen molar-refractivity contribution in [2.75, 3.05) is 0 Å². The molecule has 1 aliphatic rings. The number of hydrogen-bond acceptors (Lipinski definition) is 3. The molecule has 0 aromatic heterocycles. The van der Waals surface area contributed by atoms with Crippen LogP contribution in [-0.4, -0.2) is 0 Å². The Morgan fingerprint density at radius 3 is 1.44 bits per heavy atom. The van der Waals surface area contributed by atoms with Crippen LogP contribution in [0.3, 0.4) is 0 Å². The SMILES string of the molecule is NCc1cccc(C([C]2C=CC=C2c2ccccc2)(c2cccc(CN)c2)c2cccc(CN)c2)c1. The van der Waals surface area contributed by atoms with E-state index in [4.69, 9.17) is 17.2 Å². The molecule has 3 nitrogen and oxygen atoms in total. The molecule has 0 unspecified atom stereocenters. The van der Waals surface area contributed by atoms with Gasteiger partial charge in [-0.05, 0) is 44.5 Å². The van der Waals surface area contributed by atoms with Gasteiger partial charge in [-0.15, -0.1) is 0 Å². The van der Waals surface area contributed by atoms with E-state index in [0.29, 0.717) is 19.6 Å². The van der Waals surface area contributed by atoms with Crippen molar-refractivity contribution >= 4 is 5.57 Å². The maximum Gasteiger partial charge on any atom is 0.0595 e. The third-order valence-electron chi connectivity index (χ3n) is 7.09. The van der Waals surface area contributed by atoms with Gasteiger partial charge in [0, 0.05) is 25.6 Å². The molecule has 0 heterocycles. The Kier molecular flexibility index (Phi) is 6.97. The zero-order valence-corrected chi connectivity index (χ0v) is 20.4. The molecule has 5 rings (SSSR count). The second kappa shape index (κ2) is 10.5. The fourth-order valence-electron chi connectivity index (χ4n) is 5.38. The molecule has 6 N–H and O–H groups in total. The minimum atomic E-state index is -0.601. The van der Waals surface area contributed by atoms with Crippen LogP contribution in [0.25, 0.3) is 5.57 Å². The molecule has 0 aliphatic heterocycles. The first-order valence-electron chi connectivity index (χ1n) is 12.4. The number of benzene rings is 4. The highest BCUT2D eigenvalue weighted by Gasteiger charge is 2.46. The second-order valence-electron chi connectivity index (χ2n) is 9.18. The molecule has 0 spiro atoms. The summed E-state index contributed by atoms with van der Waals surface area (Å²) in [5, 5.41) is 0. The summed E-state index contributed by atoms with van der Waals surface area (Å²) in [7, 11) is 0. The van der Waals surface area contributed by atoms with Crippen molar-refractivity contribution < 1.29 is 0 Å². The van der Waals surface area contributed by atoms with Gasteiger partial charge in [0.15, 0.2) is 0 Å². The maximum absolute atomic E-state index is 6.14. The van der Waals surface area contributed by atoms with Crippen LogP contribution in [0.4, 0.5) is 0 Å². The first-order chi connectivity index (χ1) is 17.7. The van der Waals surface area contributed by atoms with Crippen LogP contribution in [0.15, 0.2) is 121 Å². The predicted molar refractivity (Wildman–Crippen MR) is 150 cm³/mol. The molecule has 3 heteroatoms. The summed E-state index contributed by atoms with van der Waals surface area (Å²) in [5.74, 6) is 1.21. The lowest BCUT2D eigenvalue weighted by Gasteiger charge is -2.42. The highest BCUT2D eigenvalue weighted by molar-refractivity contribution is 5.88. The normalized spacial score (nSPS) is 13.7. The molecule has 0 saturated carbocycles. The van der Waals surface area contributed by atoms with E-state index in [9.17, 15) is 0 Å². The Balaban J connectivity index is 1.88. The highest BCUT2D eigenvalue weighted by atomic mass is 14.5. The molecule has 0 amide bonds. The average molecular weight is 471 g/mol. The van der Waals surface area contributed by atoms with Crippen molar-refractivity contribution in [1.29, 1.82) is 0 Å². The van der Waals surface area contributed by atoms with Crippen LogP contribution in [0.1, 0.15) is 38.9 Å². The van der Waals surface area contributed by atoms with Gasteiger partial charge >= 0.3 is 0 Å². The van der Waals surface area contributed by atoms with Gasteiger partial charge in [0.25, 0.3) is 0 Å². The Hall–Kier alpha value is -3.76. The number of allylic oxidation sites excluding steroid dienone is 4. The van der Waals surface area contributed by atoms with E-state index < -0.39 is 5.41 Å². The smallest absolute Gasteiger partial charge is 0.0595 e. The van der Waals surface area contributed by atoms with Crippen molar-refractivity contribution in [2.45, 2.75) is 25.0 Å². The molecule has 0 atom stereocenters. The van der Waals surface area contributed by atoms with E-state index in [1.807, 2.05) is 0 Å².